The summed E-state index contributed by atoms with van der Waals surface area (Å²) in [4.78, 5) is 14.9. The van der Waals surface area contributed by atoms with E-state index in [9.17, 15) is 4.79 Å². The second-order valence-electron chi connectivity index (χ2n) is 6.72. The second kappa shape index (κ2) is 5.73. The van der Waals surface area contributed by atoms with Gasteiger partial charge in [0.1, 0.15) is 11.4 Å². The Morgan fingerprint density at radius 2 is 2.05 bits per heavy atom. The molecule has 0 amide bonds. The Morgan fingerprint density at radius 3 is 2.71 bits per heavy atom. The zero-order chi connectivity index (χ0) is 15.0. The first-order valence-electron chi connectivity index (χ1n) is 7.72. The third-order valence-corrected chi connectivity index (χ3v) is 4.94. The molecule has 0 saturated carbocycles. The highest BCUT2D eigenvalue weighted by molar-refractivity contribution is 9.10. The van der Waals surface area contributed by atoms with Crippen molar-refractivity contribution in [2.75, 3.05) is 19.6 Å². The van der Waals surface area contributed by atoms with Crippen LogP contribution in [0.5, 0.6) is 5.75 Å². The van der Waals surface area contributed by atoms with Crippen LogP contribution in [-0.4, -0.2) is 35.9 Å². The quantitative estimate of drug-likeness (QED) is 0.808. The number of nitrogens with zero attached hydrogens (tertiary/aromatic N) is 1. The van der Waals surface area contributed by atoms with Crippen molar-refractivity contribution in [2.45, 2.75) is 38.7 Å². The molecule has 2 heterocycles. The summed E-state index contributed by atoms with van der Waals surface area (Å²) < 4.78 is 7.20. The SMILES string of the molecule is CC(C)CN1CCC2(CC1)CC(=O)c1cc(Br)ccc1O2. The number of piperidine rings is 1. The summed E-state index contributed by atoms with van der Waals surface area (Å²) in [7, 11) is 0. The maximum atomic E-state index is 12.5. The van der Waals surface area contributed by atoms with Gasteiger partial charge in [0, 0.05) is 36.9 Å². The number of fused-ring (bicyclic) bond motifs is 1. The summed E-state index contributed by atoms with van der Waals surface area (Å²) in [5.41, 5.74) is 0.449. The largest absolute Gasteiger partial charge is 0.486 e. The van der Waals surface area contributed by atoms with E-state index in [1.54, 1.807) is 0 Å². The van der Waals surface area contributed by atoms with E-state index in [2.05, 4.69) is 34.7 Å². The van der Waals surface area contributed by atoms with Gasteiger partial charge in [0.25, 0.3) is 0 Å². The predicted molar refractivity (Wildman–Crippen MR) is 87.0 cm³/mol. The van der Waals surface area contributed by atoms with Crippen LogP contribution < -0.4 is 4.74 Å². The molecule has 2 aliphatic rings. The van der Waals surface area contributed by atoms with Crippen LogP contribution in [0.25, 0.3) is 0 Å². The van der Waals surface area contributed by atoms with Crippen molar-refractivity contribution in [3.8, 4) is 5.75 Å². The minimum atomic E-state index is -0.272. The molecular weight excluding hydrogens is 330 g/mol. The molecule has 0 N–H and O–H groups in total. The van der Waals surface area contributed by atoms with E-state index >= 15 is 0 Å². The lowest BCUT2D eigenvalue weighted by atomic mass is 9.82. The summed E-state index contributed by atoms with van der Waals surface area (Å²) in [5, 5.41) is 0. The van der Waals surface area contributed by atoms with Crippen LogP contribution in [0.2, 0.25) is 0 Å². The normalized spacial score (nSPS) is 21.4. The first-order valence-corrected chi connectivity index (χ1v) is 8.51. The molecule has 1 aromatic rings. The molecule has 0 bridgehead atoms. The maximum absolute atomic E-state index is 12.5. The summed E-state index contributed by atoms with van der Waals surface area (Å²) in [5.74, 6) is 1.66. The first-order chi connectivity index (χ1) is 9.97. The number of carbonyl (C=O) groups is 1. The summed E-state index contributed by atoms with van der Waals surface area (Å²) in [6, 6.07) is 5.73. The number of hydrogen-bond acceptors (Lipinski definition) is 3. The molecule has 3 nitrogen and oxygen atoms in total. The van der Waals surface area contributed by atoms with Gasteiger partial charge in [-0.2, -0.15) is 0 Å². The fourth-order valence-corrected chi connectivity index (χ4v) is 3.77. The van der Waals surface area contributed by atoms with Crippen molar-refractivity contribution in [2.24, 2.45) is 5.92 Å². The molecule has 1 spiro atoms. The maximum Gasteiger partial charge on any atom is 0.170 e. The highest BCUT2D eigenvalue weighted by atomic mass is 79.9. The number of Topliss-reactive ketones (excluding diaryl/α,β-unsaturated/α-hetero) is 1. The van der Waals surface area contributed by atoms with Crippen molar-refractivity contribution < 1.29 is 9.53 Å². The molecule has 0 aliphatic carbocycles. The molecule has 114 valence electrons. The van der Waals surface area contributed by atoms with Crippen LogP contribution in [0.4, 0.5) is 0 Å². The monoisotopic (exact) mass is 351 g/mol. The molecule has 4 heteroatoms. The molecule has 0 radical (unpaired) electrons. The Balaban J connectivity index is 1.74. The number of rotatable bonds is 2. The lowest BCUT2D eigenvalue weighted by Crippen LogP contribution is -2.51. The fourth-order valence-electron chi connectivity index (χ4n) is 3.40. The van der Waals surface area contributed by atoms with Gasteiger partial charge in [0.15, 0.2) is 5.78 Å². The van der Waals surface area contributed by atoms with Crippen molar-refractivity contribution in [1.29, 1.82) is 0 Å². The Morgan fingerprint density at radius 1 is 1.33 bits per heavy atom. The van der Waals surface area contributed by atoms with Gasteiger partial charge in [0.2, 0.25) is 0 Å². The lowest BCUT2D eigenvalue weighted by molar-refractivity contribution is -0.0111. The number of benzene rings is 1. The minimum absolute atomic E-state index is 0.217. The predicted octanol–water partition coefficient (Wildman–Crippen LogP) is 3.90. The Labute approximate surface area is 134 Å². The Kier molecular flexibility index (Phi) is 4.10. The van der Waals surface area contributed by atoms with E-state index in [-0.39, 0.29) is 11.4 Å². The number of ketones is 1. The topological polar surface area (TPSA) is 29.5 Å². The van der Waals surface area contributed by atoms with Crippen LogP contribution in [0.15, 0.2) is 22.7 Å². The van der Waals surface area contributed by atoms with E-state index in [1.807, 2.05) is 18.2 Å². The van der Waals surface area contributed by atoms with Crippen molar-refractivity contribution in [3.63, 3.8) is 0 Å². The van der Waals surface area contributed by atoms with E-state index in [0.29, 0.717) is 12.3 Å². The summed E-state index contributed by atoms with van der Waals surface area (Å²) >= 11 is 3.42. The number of halogens is 1. The molecule has 1 aromatic carbocycles. The van der Waals surface area contributed by atoms with E-state index in [4.69, 9.17) is 4.74 Å². The second-order valence-corrected chi connectivity index (χ2v) is 7.64. The number of ether oxygens (including phenoxy) is 1. The van der Waals surface area contributed by atoms with Crippen LogP contribution in [0.1, 0.15) is 43.5 Å². The van der Waals surface area contributed by atoms with Gasteiger partial charge in [-0.25, -0.2) is 0 Å². The van der Waals surface area contributed by atoms with Gasteiger partial charge in [-0.1, -0.05) is 29.8 Å². The molecule has 1 saturated heterocycles. The van der Waals surface area contributed by atoms with E-state index in [1.165, 1.54) is 0 Å². The first kappa shape index (κ1) is 15.0. The molecule has 3 rings (SSSR count). The van der Waals surface area contributed by atoms with E-state index in [0.717, 1.165) is 48.3 Å². The van der Waals surface area contributed by atoms with Crippen LogP contribution in [0, 0.1) is 5.92 Å². The minimum Gasteiger partial charge on any atom is -0.486 e. The molecule has 0 atom stereocenters. The highest BCUT2D eigenvalue weighted by Crippen LogP contribution is 2.40. The van der Waals surface area contributed by atoms with Gasteiger partial charge < -0.3 is 9.64 Å². The Hall–Kier alpha value is -0.870. The molecule has 1 fully saturated rings. The zero-order valence-electron chi connectivity index (χ0n) is 12.7. The van der Waals surface area contributed by atoms with Gasteiger partial charge in [-0.3, -0.25) is 4.79 Å². The fraction of sp³-hybridized carbons (Fsp3) is 0.588. The summed E-state index contributed by atoms with van der Waals surface area (Å²) in [6.45, 7) is 7.68. The van der Waals surface area contributed by atoms with Crippen LogP contribution >= 0.6 is 15.9 Å². The number of likely N-dealkylation sites (tertiary alicyclic amines) is 1. The number of hydrogen-bond donors (Lipinski definition) is 0. The van der Waals surface area contributed by atoms with Gasteiger partial charge in [-0.15, -0.1) is 0 Å². The van der Waals surface area contributed by atoms with E-state index < -0.39 is 0 Å². The zero-order valence-corrected chi connectivity index (χ0v) is 14.3. The molecule has 21 heavy (non-hydrogen) atoms. The molecule has 0 aromatic heterocycles. The molecule has 2 aliphatic heterocycles. The van der Waals surface area contributed by atoms with Crippen molar-refractivity contribution in [3.05, 3.63) is 28.2 Å². The average Bonchev–Trinajstić information content (AvgIpc) is 2.42. The van der Waals surface area contributed by atoms with Crippen molar-refractivity contribution in [1.82, 2.24) is 4.90 Å². The van der Waals surface area contributed by atoms with Crippen molar-refractivity contribution >= 4 is 21.7 Å². The van der Waals surface area contributed by atoms with Gasteiger partial charge >= 0.3 is 0 Å². The smallest absolute Gasteiger partial charge is 0.170 e. The standard InChI is InChI=1S/C17H22BrNO2/c1-12(2)11-19-7-5-17(6-8-19)10-15(20)14-9-13(18)3-4-16(14)21-17/h3-4,9,12H,5-8,10-11H2,1-2H3. The summed E-state index contributed by atoms with van der Waals surface area (Å²) in [6.07, 6.45) is 2.41. The third kappa shape index (κ3) is 3.16. The molecular formula is C17H22BrNO2. The number of carbonyl (C=O) groups excluding carboxylic acids is 1. The average molecular weight is 352 g/mol. The lowest BCUT2D eigenvalue weighted by Gasteiger charge is -2.44. The Bertz CT molecular complexity index is 548. The van der Waals surface area contributed by atoms with Gasteiger partial charge in [0.05, 0.1) is 12.0 Å². The highest BCUT2D eigenvalue weighted by Gasteiger charge is 2.42. The van der Waals surface area contributed by atoms with Crippen LogP contribution in [0.3, 0.4) is 0 Å². The van der Waals surface area contributed by atoms with Gasteiger partial charge in [-0.05, 0) is 24.1 Å². The van der Waals surface area contributed by atoms with Crippen LogP contribution in [-0.2, 0) is 0 Å². The third-order valence-electron chi connectivity index (χ3n) is 4.44. The molecule has 0 unspecified atom stereocenters.